The number of hydrogen-bond donors (Lipinski definition) is 1. The van der Waals surface area contributed by atoms with Crippen LogP contribution in [0.4, 0.5) is 11.4 Å². The van der Waals surface area contributed by atoms with E-state index < -0.39 is 5.41 Å². The summed E-state index contributed by atoms with van der Waals surface area (Å²) in [6, 6.07) is 46.4. The van der Waals surface area contributed by atoms with E-state index in [9.17, 15) is 0 Å². The molecular weight excluding hydrogens is 458 g/mol. The summed E-state index contributed by atoms with van der Waals surface area (Å²) in [5, 5.41) is 3.83. The van der Waals surface area contributed by atoms with Crippen molar-refractivity contribution in [1.29, 1.82) is 0 Å². The van der Waals surface area contributed by atoms with Gasteiger partial charge in [-0.05, 0) is 70.0 Å². The van der Waals surface area contributed by atoms with Gasteiger partial charge in [-0.15, -0.1) is 0 Å². The smallest absolute Gasteiger partial charge is 0.0733 e. The highest BCUT2D eigenvalue weighted by Crippen LogP contribution is 2.58. The van der Waals surface area contributed by atoms with Gasteiger partial charge in [-0.3, -0.25) is 0 Å². The zero-order valence-corrected chi connectivity index (χ0v) is 21.3. The van der Waals surface area contributed by atoms with Gasteiger partial charge in [-0.2, -0.15) is 0 Å². The van der Waals surface area contributed by atoms with Crippen molar-refractivity contribution in [3.63, 3.8) is 0 Å². The van der Waals surface area contributed by atoms with Gasteiger partial charge in [0, 0.05) is 16.9 Å². The third kappa shape index (κ3) is 3.55. The molecule has 38 heavy (non-hydrogen) atoms. The maximum atomic E-state index is 3.83. The minimum atomic E-state index is -0.421. The highest BCUT2D eigenvalue weighted by Gasteiger charge is 2.47. The normalized spacial score (nSPS) is 14.9. The molecule has 1 heteroatoms. The van der Waals surface area contributed by atoms with E-state index in [4.69, 9.17) is 0 Å². The first kappa shape index (κ1) is 22.6. The van der Waals surface area contributed by atoms with Gasteiger partial charge in [0.2, 0.25) is 0 Å². The van der Waals surface area contributed by atoms with Crippen LogP contribution in [0.15, 0.2) is 146 Å². The van der Waals surface area contributed by atoms with Crippen LogP contribution in [0.3, 0.4) is 0 Å². The molecule has 182 valence electrons. The van der Waals surface area contributed by atoms with Crippen molar-refractivity contribution in [2.75, 3.05) is 5.32 Å². The number of hydrogen-bond acceptors (Lipinski definition) is 1. The molecule has 0 fully saturated rings. The van der Waals surface area contributed by atoms with E-state index in [0.717, 1.165) is 24.2 Å². The lowest BCUT2D eigenvalue weighted by Crippen LogP contribution is -2.29. The highest BCUT2D eigenvalue weighted by atomic mass is 14.9. The zero-order chi connectivity index (χ0) is 25.4. The second-order valence-corrected chi connectivity index (χ2v) is 10.1. The van der Waals surface area contributed by atoms with Crippen molar-refractivity contribution < 1.29 is 0 Å². The molecule has 0 atom stereocenters. The minimum Gasteiger partial charge on any atom is -0.355 e. The van der Waals surface area contributed by atoms with Crippen LogP contribution in [0.5, 0.6) is 0 Å². The van der Waals surface area contributed by atoms with E-state index in [0.29, 0.717) is 0 Å². The molecule has 7 rings (SSSR count). The van der Waals surface area contributed by atoms with Crippen LogP contribution < -0.4 is 5.32 Å². The minimum absolute atomic E-state index is 0.421. The monoisotopic (exact) mass is 487 g/mol. The van der Waals surface area contributed by atoms with E-state index in [-0.39, 0.29) is 0 Å². The summed E-state index contributed by atoms with van der Waals surface area (Å²) in [6.07, 6.45) is 9.08. The van der Waals surface area contributed by atoms with Gasteiger partial charge >= 0.3 is 0 Å². The van der Waals surface area contributed by atoms with Crippen molar-refractivity contribution in [3.8, 4) is 11.1 Å². The lowest BCUT2D eigenvalue weighted by atomic mass is 9.67. The summed E-state index contributed by atoms with van der Waals surface area (Å²) in [5.74, 6) is 0. The van der Waals surface area contributed by atoms with Gasteiger partial charge in [0.15, 0.2) is 0 Å². The molecule has 0 spiro atoms. The largest absolute Gasteiger partial charge is 0.355 e. The maximum Gasteiger partial charge on any atom is 0.0733 e. The lowest BCUT2D eigenvalue weighted by Gasteiger charge is -2.35. The van der Waals surface area contributed by atoms with E-state index in [1.807, 2.05) is 0 Å². The number of allylic oxidation sites excluding steroid dienone is 4. The Morgan fingerprint density at radius 2 is 1.21 bits per heavy atom. The molecule has 0 saturated heterocycles. The van der Waals surface area contributed by atoms with Crippen LogP contribution in [0.1, 0.15) is 40.7 Å². The van der Waals surface area contributed by atoms with Crippen LogP contribution in [0.25, 0.3) is 16.7 Å². The Kier molecular flexibility index (Phi) is 5.56. The molecule has 0 bridgehead atoms. The first-order valence-corrected chi connectivity index (χ1v) is 13.4. The molecule has 5 aromatic rings. The van der Waals surface area contributed by atoms with E-state index in [2.05, 4.69) is 151 Å². The Hall–Kier alpha value is -4.62. The Morgan fingerprint density at radius 3 is 1.89 bits per heavy atom. The Morgan fingerprint density at radius 1 is 0.553 bits per heavy atom. The van der Waals surface area contributed by atoms with Gasteiger partial charge in [-0.25, -0.2) is 0 Å². The predicted molar refractivity (Wildman–Crippen MR) is 160 cm³/mol. The molecule has 0 saturated carbocycles. The Bertz CT molecular complexity index is 1620. The molecule has 0 aliphatic heterocycles. The number of fused-ring (bicyclic) bond motifs is 3. The average Bonchev–Trinajstić information content (AvgIpc) is 3.31. The maximum absolute atomic E-state index is 3.83. The standard InChI is InChI=1S/C37H29N/c1-4-13-27(14-5-1)28-23-25-31(26-24-28)38-35-22-12-20-33-32-19-10-11-21-34(32)37(36(33)35,29-15-6-2-7-16-29)30-17-8-3-9-18-30/h2-4,6-26,38H,1,5H2. The molecule has 0 radical (unpaired) electrons. The molecule has 0 unspecified atom stereocenters. The first-order chi connectivity index (χ1) is 18.9. The molecule has 5 aromatic carbocycles. The topological polar surface area (TPSA) is 12.0 Å². The predicted octanol–water partition coefficient (Wildman–Crippen LogP) is 9.53. The lowest BCUT2D eigenvalue weighted by molar-refractivity contribution is 0.770. The molecule has 1 nitrogen and oxygen atoms in total. The Balaban J connectivity index is 1.42. The zero-order valence-electron chi connectivity index (χ0n) is 21.3. The van der Waals surface area contributed by atoms with E-state index >= 15 is 0 Å². The van der Waals surface area contributed by atoms with Gasteiger partial charge in [0.1, 0.15) is 0 Å². The molecule has 2 aliphatic rings. The number of rotatable bonds is 5. The summed E-state index contributed by atoms with van der Waals surface area (Å²) in [6.45, 7) is 0. The fraction of sp³-hybridized carbons (Fsp3) is 0.0811. The van der Waals surface area contributed by atoms with Gasteiger partial charge in [0.05, 0.1) is 5.41 Å². The van der Waals surface area contributed by atoms with Crippen molar-refractivity contribution in [1.82, 2.24) is 0 Å². The first-order valence-electron chi connectivity index (χ1n) is 13.4. The second kappa shape index (κ2) is 9.36. The van der Waals surface area contributed by atoms with Crippen molar-refractivity contribution >= 4 is 16.9 Å². The van der Waals surface area contributed by atoms with Crippen LogP contribution in [-0.4, -0.2) is 0 Å². The van der Waals surface area contributed by atoms with Crippen LogP contribution in [0.2, 0.25) is 0 Å². The van der Waals surface area contributed by atoms with Gasteiger partial charge in [-0.1, -0.05) is 127 Å². The van der Waals surface area contributed by atoms with Gasteiger partial charge < -0.3 is 5.32 Å². The SMILES string of the molecule is C1=CC(c2ccc(Nc3cccc4c3C(c3ccccc3)(c3ccccc3)c3ccccc3-4)cc2)=CCC1. The number of benzene rings is 5. The molecule has 0 amide bonds. The third-order valence-electron chi connectivity index (χ3n) is 7.97. The summed E-state index contributed by atoms with van der Waals surface area (Å²) < 4.78 is 0. The molecule has 0 heterocycles. The third-order valence-corrected chi connectivity index (χ3v) is 7.97. The van der Waals surface area contributed by atoms with Crippen LogP contribution >= 0.6 is 0 Å². The second-order valence-electron chi connectivity index (χ2n) is 10.1. The quantitative estimate of drug-likeness (QED) is 0.255. The van der Waals surface area contributed by atoms with Crippen LogP contribution in [-0.2, 0) is 5.41 Å². The summed E-state index contributed by atoms with van der Waals surface area (Å²) in [7, 11) is 0. The summed E-state index contributed by atoms with van der Waals surface area (Å²) >= 11 is 0. The fourth-order valence-electron chi connectivity index (χ4n) is 6.34. The van der Waals surface area contributed by atoms with Crippen molar-refractivity contribution in [3.05, 3.63) is 173 Å². The van der Waals surface area contributed by atoms with Crippen molar-refractivity contribution in [2.24, 2.45) is 0 Å². The fourth-order valence-corrected chi connectivity index (χ4v) is 6.34. The molecule has 0 aromatic heterocycles. The van der Waals surface area contributed by atoms with Gasteiger partial charge in [0.25, 0.3) is 0 Å². The summed E-state index contributed by atoms with van der Waals surface area (Å²) in [5.41, 5.74) is 12.1. The van der Waals surface area contributed by atoms with E-state index in [1.54, 1.807) is 0 Å². The molecular formula is C37H29N. The average molecular weight is 488 g/mol. The Labute approximate surface area is 224 Å². The number of nitrogens with one attached hydrogen (secondary N) is 1. The van der Waals surface area contributed by atoms with E-state index in [1.165, 1.54) is 44.5 Å². The van der Waals surface area contributed by atoms with Crippen LogP contribution in [0, 0.1) is 0 Å². The highest BCUT2D eigenvalue weighted by molar-refractivity contribution is 5.91. The molecule has 1 N–H and O–H groups in total. The number of anilines is 2. The van der Waals surface area contributed by atoms with Crippen molar-refractivity contribution in [2.45, 2.75) is 18.3 Å². The molecule has 2 aliphatic carbocycles. The summed E-state index contributed by atoms with van der Waals surface area (Å²) in [4.78, 5) is 0.